The molecule has 7 rings (SSSR count). The Morgan fingerprint density at radius 1 is 1.02 bits per heavy atom. The fourth-order valence-electron chi connectivity index (χ4n) is 7.71. The zero-order valence-electron chi connectivity index (χ0n) is 25.8. The first-order chi connectivity index (χ1) is 20.6. The Balaban J connectivity index is 0.980. The molecule has 9 nitrogen and oxygen atoms in total. The second kappa shape index (κ2) is 11.2. The highest BCUT2D eigenvalue weighted by Gasteiger charge is 2.45. The van der Waals surface area contributed by atoms with Gasteiger partial charge in [0.2, 0.25) is 0 Å². The molecule has 0 saturated heterocycles. The van der Waals surface area contributed by atoms with Gasteiger partial charge in [-0.3, -0.25) is 4.90 Å². The van der Waals surface area contributed by atoms with Crippen molar-refractivity contribution in [3.63, 3.8) is 0 Å². The van der Waals surface area contributed by atoms with Crippen LogP contribution in [0.5, 0.6) is 0 Å². The van der Waals surface area contributed by atoms with Gasteiger partial charge in [0, 0.05) is 37.7 Å². The van der Waals surface area contributed by atoms with Crippen molar-refractivity contribution in [2.24, 2.45) is 17.8 Å². The first kappa shape index (κ1) is 28.7. The number of imidazole rings is 1. The highest BCUT2D eigenvalue weighted by molar-refractivity contribution is 5.86. The fourth-order valence-corrected chi connectivity index (χ4v) is 7.71. The van der Waals surface area contributed by atoms with Crippen LogP contribution in [0.1, 0.15) is 83.1 Å². The first-order valence-corrected chi connectivity index (χ1v) is 16.3. The van der Waals surface area contributed by atoms with Gasteiger partial charge in [-0.15, -0.1) is 0 Å². The summed E-state index contributed by atoms with van der Waals surface area (Å²) in [6.45, 7) is 8.67. The van der Waals surface area contributed by atoms with Crippen molar-refractivity contribution in [1.82, 2.24) is 29.4 Å². The summed E-state index contributed by atoms with van der Waals surface area (Å²) in [6, 6.07) is 8.85. The van der Waals surface area contributed by atoms with E-state index < -0.39 is 12.2 Å². The summed E-state index contributed by atoms with van der Waals surface area (Å²) in [5.41, 5.74) is 10.4. The highest BCUT2D eigenvalue weighted by atomic mass is 16.3. The van der Waals surface area contributed by atoms with Crippen LogP contribution in [0, 0.1) is 17.8 Å². The Hall–Kier alpha value is -3.01. The minimum absolute atomic E-state index is 0.0179. The molecule has 1 aromatic carbocycles. The Kier molecular flexibility index (Phi) is 7.46. The van der Waals surface area contributed by atoms with Crippen molar-refractivity contribution in [3.05, 3.63) is 48.2 Å². The van der Waals surface area contributed by atoms with E-state index in [-0.39, 0.29) is 17.4 Å². The van der Waals surface area contributed by atoms with Gasteiger partial charge in [0.05, 0.1) is 28.6 Å². The summed E-state index contributed by atoms with van der Waals surface area (Å²) in [5.74, 6) is 3.02. The third kappa shape index (κ3) is 5.56. The van der Waals surface area contributed by atoms with Gasteiger partial charge in [-0.05, 0) is 79.5 Å². The van der Waals surface area contributed by atoms with Crippen molar-refractivity contribution in [1.29, 1.82) is 0 Å². The number of hydrogen-bond donors (Lipinski definition) is 4. The van der Waals surface area contributed by atoms with Crippen molar-refractivity contribution < 1.29 is 10.2 Å². The Morgan fingerprint density at radius 2 is 1.84 bits per heavy atom. The predicted octanol–water partition coefficient (Wildman–Crippen LogP) is 4.98. The monoisotopic (exact) mass is 585 g/mol. The first-order valence-electron chi connectivity index (χ1n) is 16.3. The Labute approximate surface area is 253 Å². The SMILES string of the molecule is CC(C)(C)c1ccc2[nH]c(CC[C@H]3C[C@H](N(CC4CCC4)C[C@H]4C[C@@H](n5ccc6c(N)ncnc65)[C@H](O)[C@@H]4O)C3)nc2c1. The molecule has 3 heterocycles. The maximum atomic E-state index is 11.2. The lowest BCUT2D eigenvalue weighted by Crippen LogP contribution is -2.50. The van der Waals surface area contributed by atoms with E-state index in [1.165, 1.54) is 44.0 Å². The van der Waals surface area contributed by atoms with E-state index in [1.807, 2.05) is 16.8 Å². The molecule has 3 fully saturated rings. The molecule has 3 saturated carbocycles. The highest BCUT2D eigenvalue weighted by Crippen LogP contribution is 2.42. The van der Waals surface area contributed by atoms with Crippen molar-refractivity contribution in [2.45, 2.75) is 102 Å². The summed E-state index contributed by atoms with van der Waals surface area (Å²) in [4.78, 5) is 19.7. The summed E-state index contributed by atoms with van der Waals surface area (Å²) in [7, 11) is 0. The molecular formula is C34H47N7O2. The van der Waals surface area contributed by atoms with Gasteiger partial charge in [-0.2, -0.15) is 0 Å². The summed E-state index contributed by atoms with van der Waals surface area (Å²) >= 11 is 0. The molecule has 43 heavy (non-hydrogen) atoms. The Bertz CT molecular complexity index is 1580. The lowest BCUT2D eigenvalue weighted by atomic mass is 9.75. The molecule has 0 unspecified atom stereocenters. The number of hydrogen-bond acceptors (Lipinski definition) is 7. The molecule has 3 aliphatic carbocycles. The van der Waals surface area contributed by atoms with Gasteiger partial charge in [0.15, 0.2) is 0 Å². The molecule has 0 radical (unpaired) electrons. The minimum Gasteiger partial charge on any atom is -0.390 e. The smallest absolute Gasteiger partial charge is 0.145 e. The lowest BCUT2D eigenvalue weighted by Gasteiger charge is -2.46. The standard InChI is InChI=1S/C34H47N7O2/c1-34(2,3)23-8-9-26-27(16-23)39-29(38-26)10-7-21-13-24(14-21)40(17-20-5-4-6-20)18-22-15-28(31(43)30(22)42)41-12-11-25-32(35)36-19-37-33(25)41/h8-9,11-12,16,19-22,24,28,30-31,42-43H,4-7,10,13-15,17-18H2,1-3H3,(H,38,39)(H2,35,36,37)/t21-,22-,24-,28-,30-,31+/m1/s1. The van der Waals surface area contributed by atoms with Crippen LogP contribution in [0.4, 0.5) is 5.82 Å². The third-order valence-electron chi connectivity index (χ3n) is 10.8. The number of anilines is 1. The average Bonchev–Trinajstić information content (AvgIpc) is 3.61. The molecule has 4 atom stereocenters. The molecule has 0 bridgehead atoms. The van der Waals surface area contributed by atoms with E-state index in [2.05, 4.69) is 58.8 Å². The molecule has 5 N–H and O–H groups in total. The largest absolute Gasteiger partial charge is 0.390 e. The zero-order valence-corrected chi connectivity index (χ0v) is 25.8. The average molecular weight is 586 g/mol. The van der Waals surface area contributed by atoms with Gasteiger partial charge in [0.25, 0.3) is 0 Å². The number of aromatic nitrogens is 5. The zero-order chi connectivity index (χ0) is 29.9. The maximum absolute atomic E-state index is 11.2. The molecule has 3 aliphatic rings. The van der Waals surface area contributed by atoms with E-state index in [9.17, 15) is 10.2 Å². The van der Waals surface area contributed by atoms with Gasteiger partial charge >= 0.3 is 0 Å². The van der Waals surface area contributed by atoms with E-state index >= 15 is 0 Å². The van der Waals surface area contributed by atoms with Crippen LogP contribution in [0.2, 0.25) is 0 Å². The quantitative estimate of drug-likeness (QED) is 0.218. The van der Waals surface area contributed by atoms with Crippen molar-refractivity contribution in [3.8, 4) is 0 Å². The number of nitrogens with zero attached hydrogens (tertiary/aromatic N) is 5. The number of aromatic amines is 1. The molecule has 0 spiro atoms. The second-order valence-corrected chi connectivity index (χ2v) is 14.7. The summed E-state index contributed by atoms with van der Waals surface area (Å²) in [5, 5.41) is 23.1. The number of nitrogen functional groups attached to an aromatic ring is 1. The number of rotatable bonds is 9. The number of H-pyrrole nitrogens is 1. The number of aryl methyl sites for hydroxylation is 1. The maximum Gasteiger partial charge on any atom is 0.145 e. The number of aliphatic hydroxyl groups excluding tert-OH is 2. The van der Waals surface area contributed by atoms with Crippen LogP contribution in [0.3, 0.4) is 0 Å². The summed E-state index contributed by atoms with van der Waals surface area (Å²) < 4.78 is 1.99. The lowest BCUT2D eigenvalue weighted by molar-refractivity contribution is -0.0169. The normalized spacial score (nSPS) is 28.1. The molecule has 3 aromatic heterocycles. The van der Waals surface area contributed by atoms with E-state index in [4.69, 9.17) is 10.7 Å². The molecule has 0 aliphatic heterocycles. The number of fused-ring (bicyclic) bond motifs is 2. The number of benzene rings is 1. The summed E-state index contributed by atoms with van der Waals surface area (Å²) in [6.07, 6.45) is 11.0. The van der Waals surface area contributed by atoms with Gasteiger partial charge in [-0.1, -0.05) is 33.3 Å². The predicted molar refractivity (Wildman–Crippen MR) is 170 cm³/mol. The van der Waals surface area contributed by atoms with Crippen LogP contribution in [-0.4, -0.2) is 71.0 Å². The molecule has 9 heteroatoms. The van der Waals surface area contributed by atoms with Crippen molar-refractivity contribution >= 4 is 27.9 Å². The van der Waals surface area contributed by atoms with Gasteiger partial charge in [-0.25, -0.2) is 15.0 Å². The van der Waals surface area contributed by atoms with Crippen LogP contribution >= 0.6 is 0 Å². The van der Waals surface area contributed by atoms with Gasteiger partial charge in [0.1, 0.15) is 29.7 Å². The van der Waals surface area contributed by atoms with Gasteiger partial charge < -0.3 is 25.5 Å². The van der Waals surface area contributed by atoms with E-state index in [1.54, 1.807) is 0 Å². The topological polar surface area (TPSA) is 129 Å². The molecule has 4 aromatic rings. The molecular weight excluding hydrogens is 538 g/mol. The third-order valence-corrected chi connectivity index (χ3v) is 10.8. The molecule has 230 valence electrons. The Morgan fingerprint density at radius 3 is 2.58 bits per heavy atom. The molecule has 0 amide bonds. The van der Waals surface area contributed by atoms with Crippen LogP contribution in [0.15, 0.2) is 36.8 Å². The minimum atomic E-state index is -0.834. The van der Waals surface area contributed by atoms with E-state index in [0.717, 1.165) is 66.2 Å². The number of nitrogens with one attached hydrogen (secondary N) is 1. The van der Waals surface area contributed by atoms with E-state index in [0.29, 0.717) is 17.8 Å². The second-order valence-electron chi connectivity index (χ2n) is 14.7. The fraction of sp³-hybridized carbons (Fsp3) is 0.618. The van der Waals surface area contributed by atoms with Crippen LogP contribution in [0.25, 0.3) is 22.1 Å². The number of aliphatic hydroxyl groups is 2. The van der Waals surface area contributed by atoms with Crippen molar-refractivity contribution in [2.75, 3.05) is 18.8 Å². The number of nitrogens with two attached hydrogens (primary N) is 1. The van der Waals surface area contributed by atoms with Crippen LogP contribution < -0.4 is 5.73 Å². The van der Waals surface area contributed by atoms with Crippen LogP contribution in [-0.2, 0) is 11.8 Å².